The number of halogens is 3. The Morgan fingerprint density at radius 2 is 1.80 bits per heavy atom. The van der Waals surface area contributed by atoms with E-state index in [4.69, 9.17) is 27.9 Å². The van der Waals surface area contributed by atoms with Crippen LogP contribution < -0.4 is 15.4 Å². The fraction of sp³-hybridized carbons (Fsp3) is 0.238. The number of pyridine rings is 1. The van der Waals surface area contributed by atoms with E-state index in [1.54, 1.807) is 13.2 Å². The quantitative estimate of drug-likeness (QED) is 0.248. The van der Waals surface area contributed by atoms with Gasteiger partial charge in [0.15, 0.2) is 5.96 Å². The Balaban J connectivity index is 0.00000320. The van der Waals surface area contributed by atoms with Gasteiger partial charge in [-0.05, 0) is 23.3 Å². The maximum atomic E-state index is 6.11. The van der Waals surface area contributed by atoms with Gasteiger partial charge in [0.2, 0.25) is 5.88 Å². The lowest BCUT2D eigenvalue weighted by Crippen LogP contribution is -2.36. The zero-order chi connectivity index (χ0) is 20.6. The summed E-state index contributed by atoms with van der Waals surface area (Å²) in [6.07, 6.45) is 1.74. The van der Waals surface area contributed by atoms with Gasteiger partial charge in [0, 0.05) is 38.6 Å². The molecule has 0 amide bonds. The van der Waals surface area contributed by atoms with Crippen LogP contribution in [0.25, 0.3) is 0 Å². The molecule has 0 fully saturated rings. The smallest absolute Gasteiger partial charge is 0.213 e. The van der Waals surface area contributed by atoms with Crippen LogP contribution in [0.3, 0.4) is 0 Å². The molecule has 3 rings (SSSR count). The summed E-state index contributed by atoms with van der Waals surface area (Å²) in [5, 5.41) is 7.59. The molecule has 0 bridgehead atoms. The van der Waals surface area contributed by atoms with Gasteiger partial charge < -0.3 is 19.9 Å². The molecule has 0 aliphatic carbocycles. The second kappa shape index (κ2) is 12.0. The highest BCUT2D eigenvalue weighted by Crippen LogP contribution is 2.24. The van der Waals surface area contributed by atoms with Gasteiger partial charge >= 0.3 is 0 Å². The van der Waals surface area contributed by atoms with Crippen LogP contribution in [0.1, 0.15) is 16.8 Å². The number of aliphatic imine (C=N–C) groups is 1. The van der Waals surface area contributed by atoms with E-state index < -0.39 is 0 Å². The standard InChI is InChI=1S/C21H23Cl2N5O.HI/c1-24-21(27-13-17-11-18(22)20(23)28(17)2)26-12-16-8-9-25-19(10-16)29-14-15-6-4-3-5-7-15;/h3-11H,12-14H2,1-2H3,(H2,24,26,27);1H. The molecular weight excluding hydrogens is 536 g/mol. The van der Waals surface area contributed by atoms with Gasteiger partial charge in [-0.25, -0.2) is 4.98 Å². The third-order valence-electron chi connectivity index (χ3n) is 4.37. The number of ether oxygens (including phenoxy) is 1. The van der Waals surface area contributed by atoms with E-state index in [0.717, 1.165) is 16.8 Å². The van der Waals surface area contributed by atoms with Crippen molar-refractivity contribution in [2.45, 2.75) is 19.7 Å². The van der Waals surface area contributed by atoms with Crippen LogP contribution >= 0.6 is 47.2 Å². The Kier molecular flexibility index (Phi) is 9.74. The molecular formula is C21H24Cl2IN5O. The molecule has 0 saturated carbocycles. The Labute approximate surface area is 203 Å². The molecule has 160 valence electrons. The summed E-state index contributed by atoms with van der Waals surface area (Å²) in [6.45, 7) is 1.61. The second-order valence-electron chi connectivity index (χ2n) is 6.39. The number of hydrogen-bond acceptors (Lipinski definition) is 3. The van der Waals surface area contributed by atoms with Gasteiger partial charge in [-0.2, -0.15) is 0 Å². The largest absolute Gasteiger partial charge is 0.473 e. The predicted octanol–water partition coefficient (Wildman–Crippen LogP) is 4.79. The van der Waals surface area contributed by atoms with Crippen molar-refractivity contribution < 1.29 is 4.74 Å². The van der Waals surface area contributed by atoms with Gasteiger partial charge in [0.1, 0.15) is 11.8 Å². The highest BCUT2D eigenvalue weighted by molar-refractivity contribution is 14.0. The van der Waals surface area contributed by atoms with Crippen molar-refractivity contribution in [3.8, 4) is 5.88 Å². The third kappa shape index (κ3) is 6.78. The molecule has 0 aliphatic rings. The lowest BCUT2D eigenvalue weighted by atomic mass is 10.2. The molecule has 3 aromatic rings. The first-order chi connectivity index (χ1) is 14.1. The van der Waals surface area contributed by atoms with Crippen molar-refractivity contribution in [2.24, 2.45) is 12.0 Å². The minimum Gasteiger partial charge on any atom is -0.473 e. The van der Waals surface area contributed by atoms with Crippen LogP contribution in [0.15, 0.2) is 59.7 Å². The summed E-state index contributed by atoms with van der Waals surface area (Å²) in [4.78, 5) is 8.52. The van der Waals surface area contributed by atoms with Gasteiger partial charge in [-0.1, -0.05) is 53.5 Å². The molecule has 0 unspecified atom stereocenters. The Morgan fingerprint density at radius 1 is 1.07 bits per heavy atom. The molecule has 1 aromatic carbocycles. The van der Waals surface area contributed by atoms with Crippen LogP contribution in [0.5, 0.6) is 5.88 Å². The van der Waals surface area contributed by atoms with Crippen molar-refractivity contribution in [1.82, 2.24) is 20.2 Å². The van der Waals surface area contributed by atoms with Crippen LogP contribution in [0, 0.1) is 0 Å². The van der Waals surface area contributed by atoms with E-state index in [1.807, 2.05) is 60.1 Å². The monoisotopic (exact) mass is 559 g/mol. The second-order valence-corrected chi connectivity index (χ2v) is 7.15. The summed E-state index contributed by atoms with van der Waals surface area (Å²) in [7, 11) is 3.59. The van der Waals surface area contributed by atoms with Gasteiger partial charge in [-0.3, -0.25) is 4.99 Å². The molecule has 2 aromatic heterocycles. The molecule has 30 heavy (non-hydrogen) atoms. The van der Waals surface area contributed by atoms with E-state index in [2.05, 4.69) is 20.6 Å². The number of benzene rings is 1. The Hall–Kier alpha value is -1.97. The molecule has 0 saturated heterocycles. The molecule has 2 N–H and O–H groups in total. The van der Waals surface area contributed by atoms with Gasteiger partial charge in [-0.15, -0.1) is 24.0 Å². The highest BCUT2D eigenvalue weighted by atomic mass is 127. The molecule has 2 heterocycles. The van der Waals surface area contributed by atoms with E-state index in [0.29, 0.717) is 41.7 Å². The zero-order valence-corrected chi connectivity index (χ0v) is 20.6. The number of nitrogens with one attached hydrogen (secondary N) is 2. The number of rotatable bonds is 7. The summed E-state index contributed by atoms with van der Waals surface area (Å²) < 4.78 is 7.62. The fourth-order valence-corrected chi connectivity index (χ4v) is 3.13. The average molecular weight is 560 g/mol. The van der Waals surface area contributed by atoms with Crippen molar-refractivity contribution in [3.05, 3.63) is 81.7 Å². The zero-order valence-electron chi connectivity index (χ0n) is 16.7. The van der Waals surface area contributed by atoms with Crippen molar-refractivity contribution in [1.29, 1.82) is 0 Å². The van der Waals surface area contributed by atoms with Crippen LogP contribution in [0.2, 0.25) is 10.2 Å². The van der Waals surface area contributed by atoms with Crippen LogP contribution in [-0.2, 0) is 26.7 Å². The molecule has 0 spiro atoms. The fourth-order valence-electron chi connectivity index (χ4n) is 2.71. The van der Waals surface area contributed by atoms with Crippen molar-refractivity contribution in [2.75, 3.05) is 7.05 Å². The summed E-state index contributed by atoms with van der Waals surface area (Å²) >= 11 is 12.2. The molecule has 0 atom stereocenters. The maximum Gasteiger partial charge on any atom is 0.213 e. The molecule has 0 radical (unpaired) electrons. The Morgan fingerprint density at radius 3 is 2.47 bits per heavy atom. The number of hydrogen-bond donors (Lipinski definition) is 2. The third-order valence-corrected chi connectivity index (χ3v) is 5.21. The molecule has 6 nitrogen and oxygen atoms in total. The first-order valence-electron chi connectivity index (χ1n) is 9.12. The summed E-state index contributed by atoms with van der Waals surface area (Å²) in [5.74, 6) is 1.26. The van der Waals surface area contributed by atoms with E-state index in [1.165, 1.54) is 0 Å². The average Bonchev–Trinajstić information content (AvgIpc) is 3.00. The van der Waals surface area contributed by atoms with Crippen LogP contribution in [-0.4, -0.2) is 22.6 Å². The van der Waals surface area contributed by atoms with E-state index in [-0.39, 0.29) is 24.0 Å². The number of nitrogens with zero attached hydrogens (tertiary/aromatic N) is 3. The minimum absolute atomic E-state index is 0. The number of aromatic nitrogens is 2. The van der Waals surface area contributed by atoms with E-state index in [9.17, 15) is 0 Å². The van der Waals surface area contributed by atoms with Gasteiger partial charge in [0.25, 0.3) is 0 Å². The first kappa shape index (κ1) is 24.3. The molecule has 9 heteroatoms. The lowest BCUT2D eigenvalue weighted by Gasteiger charge is -2.13. The lowest BCUT2D eigenvalue weighted by molar-refractivity contribution is 0.293. The Bertz CT molecular complexity index is 979. The minimum atomic E-state index is 0. The normalized spacial score (nSPS) is 11.0. The summed E-state index contributed by atoms with van der Waals surface area (Å²) in [6, 6.07) is 15.7. The van der Waals surface area contributed by atoms with E-state index >= 15 is 0 Å². The summed E-state index contributed by atoms with van der Waals surface area (Å²) in [5.41, 5.74) is 3.10. The van der Waals surface area contributed by atoms with Crippen molar-refractivity contribution in [3.63, 3.8) is 0 Å². The molecule has 0 aliphatic heterocycles. The SMILES string of the molecule is CN=C(NCc1ccnc(OCc2ccccc2)c1)NCc1cc(Cl)c(Cl)n1C.I. The predicted molar refractivity (Wildman–Crippen MR) is 133 cm³/mol. The topological polar surface area (TPSA) is 63.5 Å². The number of guanidine groups is 1. The maximum absolute atomic E-state index is 6.11. The van der Waals surface area contributed by atoms with Crippen molar-refractivity contribution >= 4 is 53.1 Å². The van der Waals surface area contributed by atoms with Crippen LogP contribution in [0.4, 0.5) is 0 Å². The van der Waals surface area contributed by atoms with Gasteiger partial charge in [0.05, 0.1) is 11.6 Å². The first-order valence-corrected chi connectivity index (χ1v) is 9.88. The highest BCUT2D eigenvalue weighted by Gasteiger charge is 2.09.